The van der Waals surface area contributed by atoms with Gasteiger partial charge in [-0.15, -0.1) is 0 Å². The molecule has 0 heterocycles. The number of nitrogens with one attached hydrogen (secondary N) is 1. The first-order valence-electron chi connectivity index (χ1n) is 11.1. The maximum Gasteiger partial charge on any atom is 0.261 e. The van der Waals surface area contributed by atoms with Crippen LogP contribution in [0.3, 0.4) is 0 Å². The molecular weight excluding hydrogens is 447 g/mol. The molecule has 1 atom stereocenters. The summed E-state index contributed by atoms with van der Waals surface area (Å²) in [7, 11) is 0. The fraction of sp³-hybridized carbons (Fsp3) is 0.440. The highest BCUT2D eigenvalue weighted by atomic mass is 35.5. The minimum atomic E-state index is -0.602. The van der Waals surface area contributed by atoms with Gasteiger partial charge < -0.3 is 15.0 Å². The van der Waals surface area contributed by atoms with Crippen LogP contribution in [0.5, 0.6) is 5.75 Å². The van der Waals surface area contributed by atoms with Crippen LogP contribution in [0, 0.1) is 6.92 Å². The van der Waals surface area contributed by atoms with Crippen LogP contribution >= 0.6 is 23.2 Å². The zero-order valence-electron chi connectivity index (χ0n) is 18.6. The molecule has 1 aliphatic rings. The summed E-state index contributed by atoms with van der Waals surface area (Å²) in [4.78, 5) is 28.0. The van der Waals surface area contributed by atoms with E-state index in [9.17, 15) is 9.59 Å². The van der Waals surface area contributed by atoms with E-state index in [-0.39, 0.29) is 31.0 Å². The van der Waals surface area contributed by atoms with Crippen LogP contribution in [-0.2, 0) is 16.1 Å². The number of amides is 2. The van der Waals surface area contributed by atoms with Gasteiger partial charge in [-0.05, 0) is 61.6 Å². The molecule has 5 nitrogen and oxygen atoms in total. The van der Waals surface area contributed by atoms with E-state index in [1.165, 1.54) is 0 Å². The van der Waals surface area contributed by atoms with Gasteiger partial charge in [0, 0.05) is 22.6 Å². The minimum Gasteiger partial charge on any atom is -0.484 e. The number of halogens is 2. The van der Waals surface area contributed by atoms with E-state index in [1.807, 2.05) is 32.0 Å². The van der Waals surface area contributed by atoms with Crippen molar-refractivity contribution >= 4 is 35.0 Å². The fourth-order valence-corrected chi connectivity index (χ4v) is 4.35. The predicted molar refractivity (Wildman–Crippen MR) is 128 cm³/mol. The smallest absolute Gasteiger partial charge is 0.261 e. The zero-order valence-corrected chi connectivity index (χ0v) is 20.1. The second-order valence-corrected chi connectivity index (χ2v) is 9.04. The number of rotatable bonds is 9. The van der Waals surface area contributed by atoms with E-state index in [0.717, 1.165) is 36.8 Å². The Morgan fingerprint density at radius 2 is 1.84 bits per heavy atom. The van der Waals surface area contributed by atoms with Crippen LogP contribution in [0.15, 0.2) is 42.5 Å². The van der Waals surface area contributed by atoms with E-state index in [4.69, 9.17) is 27.9 Å². The van der Waals surface area contributed by atoms with Gasteiger partial charge in [-0.25, -0.2) is 0 Å². The molecule has 0 unspecified atom stereocenters. The first-order chi connectivity index (χ1) is 15.4. The van der Waals surface area contributed by atoms with Gasteiger partial charge in [-0.2, -0.15) is 0 Å². The Morgan fingerprint density at radius 3 is 2.50 bits per heavy atom. The summed E-state index contributed by atoms with van der Waals surface area (Å²) in [5.74, 6) is 0.162. The van der Waals surface area contributed by atoms with E-state index in [0.29, 0.717) is 22.2 Å². The average molecular weight is 477 g/mol. The van der Waals surface area contributed by atoms with Crippen molar-refractivity contribution in [2.24, 2.45) is 0 Å². The van der Waals surface area contributed by atoms with Gasteiger partial charge in [-0.3, -0.25) is 9.59 Å². The van der Waals surface area contributed by atoms with Crippen molar-refractivity contribution in [2.45, 2.75) is 64.6 Å². The van der Waals surface area contributed by atoms with Crippen molar-refractivity contribution in [2.75, 3.05) is 6.61 Å². The number of hydrogen-bond acceptors (Lipinski definition) is 3. The van der Waals surface area contributed by atoms with Crippen molar-refractivity contribution in [3.63, 3.8) is 0 Å². The lowest BCUT2D eigenvalue weighted by molar-refractivity contribution is -0.143. The third kappa shape index (κ3) is 6.39. The van der Waals surface area contributed by atoms with Gasteiger partial charge in [0.2, 0.25) is 5.91 Å². The average Bonchev–Trinajstić information content (AvgIpc) is 3.28. The molecule has 172 valence electrons. The molecule has 1 aliphatic carbocycles. The molecule has 1 fully saturated rings. The number of aryl methyl sites for hydroxylation is 1. The summed E-state index contributed by atoms with van der Waals surface area (Å²) in [6.07, 6.45) is 4.71. The highest BCUT2D eigenvalue weighted by Gasteiger charge is 2.31. The summed E-state index contributed by atoms with van der Waals surface area (Å²) >= 11 is 12.4. The second kappa shape index (κ2) is 11.6. The van der Waals surface area contributed by atoms with Crippen LogP contribution in [-0.4, -0.2) is 35.4 Å². The van der Waals surface area contributed by atoms with Crippen molar-refractivity contribution < 1.29 is 14.3 Å². The maximum atomic E-state index is 13.3. The highest BCUT2D eigenvalue weighted by Crippen LogP contribution is 2.23. The lowest BCUT2D eigenvalue weighted by Crippen LogP contribution is -2.52. The van der Waals surface area contributed by atoms with Crippen molar-refractivity contribution in [3.05, 3.63) is 63.6 Å². The Bertz CT molecular complexity index is 945. The largest absolute Gasteiger partial charge is 0.484 e. The molecule has 0 aromatic heterocycles. The lowest BCUT2D eigenvalue weighted by Gasteiger charge is -2.31. The molecule has 2 aromatic carbocycles. The van der Waals surface area contributed by atoms with Gasteiger partial charge in [0.25, 0.3) is 5.91 Å². The van der Waals surface area contributed by atoms with Gasteiger partial charge in [0.05, 0.1) is 0 Å². The van der Waals surface area contributed by atoms with Crippen LogP contribution in [0.2, 0.25) is 10.0 Å². The molecule has 0 aliphatic heterocycles. The topological polar surface area (TPSA) is 58.6 Å². The number of ether oxygens (including phenoxy) is 1. The van der Waals surface area contributed by atoms with E-state index in [2.05, 4.69) is 5.32 Å². The second-order valence-electron chi connectivity index (χ2n) is 8.23. The minimum absolute atomic E-state index is 0.123. The summed E-state index contributed by atoms with van der Waals surface area (Å²) in [5.41, 5.74) is 1.66. The first kappa shape index (κ1) is 24.4. The lowest BCUT2D eigenvalue weighted by atomic mass is 10.1. The SMILES string of the molecule is CC[C@H](C(=O)NC1CCCC1)N(Cc1ccccc1Cl)C(=O)COc1ccc(Cl)c(C)c1. The Morgan fingerprint density at radius 1 is 1.12 bits per heavy atom. The maximum absolute atomic E-state index is 13.3. The quantitative estimate of drug-likeness (QED) is 0.516. The summed E-state index contributed by atoms with van der Waals surface area (Å²) < 4.78 is 5.75. The molecule has 1 N–H and O–H groups in total. The molecule has 1 saturated carbocycles. The Hall–Kier alpha value is -2.24. The van der Waals surface area contributed by atoms with Crippen LogP contribution in [0.25, 0.3) is 0 Å². The molecule has 32 heavy (non-hydrogen) atoms. The molecule has 0 spiro atoms. The molecule has 2 aromatic rings. The molecule has 0 bridgehead atoms. The van der Waals surface area contributed by atoms with Crippen LogP contribution in [0.1, 0.15) is 50.2 Å². The number of carbonyl (C=O) groups is 2. The molecule has 0 radical (unpaired) electrons. The predicted octanol–water partition coefficient (Wildman–Crippen LogP) is 5.55. The Labute approximate surface area is 200 Å². The van der Waals surface area contributed by atoms with E-state index < -0.39 is 6.04 Å². The monoisotopic (exact) mass is 476 g/mol. The van der Waals surface area contributed by atoms with Crippen molar-refractivity contribution in [1.82, 2.24) is 10.2 Å². The molecule has 7 heteroatoms. The number of nitrogens with zero attached hydrogens (tertiary/aromatic N) is 1. The number of benzene rings is 2. The Kier molecular flexibility index (Phi) is 8.83. The molecule has 3 rings (SSSR count). The van der Waals surface area contributed by atoms with Gasteiger partial charge >= 0.3 is 0 Å². The standard InChI is InChI=1S/C25H30Cl2N2O3/c1-3-23(25(31)28-19-9-5-6-10-19)29(15-18-8-4-7-11-22(18)27)24(30)16-32-20-12-13-21(26)17(2)14-20/h4,7-8,11-14,19,23H,3,5-6,9-10,15-16H2,1-2H3,(H,28,31)/t23-/m1/s1. The normalized spacial score (nSPS) is 14.8. The summed E-state index contributed by atoms with van der Waals surface area (Å²) in [5, 5.41) is 4.33. The zero-order chi connectivity index (χ0) is 23.1. The Balaban J connectivity index is 1.77. The highest BCUT2D eigenvalue weighted by molar-refractivity contribution is 6.31. The third-order valence-corrected chi connectivity index (χ3v) is 6.67. The third-order valence-electron chi connectivity index (χ3n) is 5.88. The number of hydrogen-bond donors (Lipinski definition) is 1. The summed E-state index contributed by atoms with van der Waals surface area (Å²) in [6.45, 7) is 3.84. The van der Waals surface area contributed by atoms with Gasteiger partial charge in [0.1, 0.15) is 11.8 Å². The molecular formula is C25H30Cl2N2O3. The van der Waals surface area contributed by atoms with Crippen LogP contribution in [0.4, 0.5) is 0 Å². The van der Waals surface area contributed by atoms with Crippen molar-refractivity contribution in [3.8, 4) is 5.75 Å². The van der Waals surface area contributed by atoms with Crippen LogP contribution < -0.4 is 10.1 Å². The van der Waals surface area contributed by atoms with Gasteiger partial charge in [0.15, 0.2) is 6.61 Å². The number of carbonyl (C=O) groups excluding carboxylic acids is 2. The van der Waals surface area contributed by atoms with Gasteiger partial charge in [-0.1, -0.05) is 61.2 Å². The molecule has 0 saturated heterocycles. The fourth-order valence-electron chi connectivity index (χ4n) is 4.03. The van der Waals surface area contributed by atoms with E-state index >= 15 is 0 Å². The van der Waals surface area contributed by atoms with E-state index in [1.54, 1.807) is 29.2 Å². The first-order valence-corrected chi connectivity index (χ1v) is 11.9. The van der Waals surface area contributed by atoms with Crippen molar-refractivity contribution in [1.29, 1.82) is 0 Å². The molecule has 2 amide bonds. The summed E-state index contributed by atoms with van der Waals surface area (Å²) in [6, 6.07) is 12.2.